The van der Waals surface area contributed by atoms with Crippen LogP contribution in [0.25, 0.3) is 0 Å². The Morgan fingerprint density at radius 1 is 0.952 bits per heavy atom. The first-order valence-corrected chi connectivity index (χ1v) is 8.62. The molecule has 3 rings (SSSR count). The molecule has 110 valence electrons. The molecular formula is C19H23NS. The van der Waals surface area contributed by atoms with Crippen LogP contribution in [0.2, 0.25) is 0 Å². The van der Waals surface area contributed by atoms with E-state index in [2.05, 4.69) is 67.7 Å². The molecule has 1 nitrogen and oxygen atoms in total. The molecule has 0 atom stereocenters. The Bertz CT molecular complexity index is 568. The Kier molecular flexibility index (Phi) is 4.67. The highest BCUT2D eigenvalue weighted by molar-refractivity contribution is 7.99. The summed E-state index contributed by atoms with van der Waals surface area (Å²) in [5, 5.41) is 3.55. The van der Waals surface area contributed by atoms with Crippen molar-refractivity contribution >= 4 is 11.8 Å². The smallest absolute Gasteiger partial charge is 0.0208 e. The van der Waals surface area contributed by atoms with E-state index in [1.54, 1.807) is 0 Å². The first-order chi connectivity index (χ1) is 10.2. The van der Waals surface area contributed by atoms with Crippen molar-refractivity contribution in [1.82, 2.24) is 5.32 Å². The third kappa shape index (κ3) is 4.36. The van der Waals surface area contributed by atoms with Crippen LogP contribution in [-0.4, -0.2) is 6.04 Å². The lowest BCUT2D eigenvalue weighted by molar-refractivity contribution is 0.687. The maximum Gasteiger partial charge on any atom is 0.0208 e. The second kappa shape index (κ2) is 6.67. The van der Waals surface area contributed by atoms with Gasteiger partial charge in [-0.25, -0.2) is 0 Å². The van der Waals surface area contributed by atoms with Gasteiger partial charge in [-0.15, -0.1) is 0 Å². The SMILES string of the molecule is CC(C)c1ccc(Sc2ccc(CNC3CC3)cc2)cc1. The molecule has 0 amide bonds. The highest BCUT2D eigenvalue weighted by Crippen LogP contribution is 2.29. The molecular weight excluding hydrogens is 274 g/mol. The number of hydrogen-bond acceptors (Lipinski definition) is 2. The van der Waals surface area contributed by atoms with Crippen molar-refractivity contribution in [3.05, 3.63) is 59.7 Å². The predicted molar refractivity (Wildman–Crippen MR) is 91.0 cm³/mol. The highest BCUT2D eigenvalue weighted by Gasteiger charge is 2.19. The van der Waals surface area contributed by atoms with Crippen molar-refractivity contribution < 1.29 is 0 Å². The zero-order valence-corrected chi connectivity index (χ0v) is 13.6. The number of benzene rings is 2. The molecule has 2 aromatic carbocycles. The van der Waals surface area contributed by atoms with E-state index in [4.69, 9.17) is 0 Å². The van der Waals surface area contributed by atoms with Crippen molar-refractivity contribution in [2.75, 3.05) is 0 Å². The largest absolute Gasteiger partial charge is 0.310 e. The van der Waals surface area contributed by atoms with Crippen LogP contribution < -0.4 is 5.32 Å². The summed E-state index contributed by atoms with van der Waals surface area (Å²) in [5.41, 5.74) is 2.78. The van der Waals surface area contributed by atoms with Crippen molar-refractivity contribution in [3.8, 4) is 0 Å². The van der Waals surface area contributed by atoms with Gasteiger partial charge in [0.2, 0.25) is 0 Å². The summed E-state index contributed by atoms with van der Waals surface area (Å²) in [5.74, 6) is 0.599. The molecule has 21 heavy (non-hydrogen) atoms. The van der Waals surface area contributed by atoms with E-state index in [-0.39, 0.29) is 0 Å². The monoisotopic (exact) mass is 297 g/mol. The summed E-state index contributed by atoms with van der Waals surface area (Å²) in [4.78, 5) is 2.62. The van der Waals surface area contributed by atoms with Crippen LogP contribution in [0.5, 0.6) is 0 Å². The van der Waals surface area contributed by atoms with E-state index in [1.165, 1.54) is 33.8 Å². The van der Waals surface area contributed by atoms with Gasteiger partial charge in [0.05, 0.1) is 0 Å². The molecule has 0 aliphatic heterocycles. The second-order valence-corrected chi connectivity index (χ2v) is 7.27. The first kappa shape index (κ1) is 14.7. The van der Waals surface area contributed by atoms with Crippen LogP contribution in [0.4, 0.5) is 0 Å². The van der Waals surface area contributed by atoms with Gasteiger partial charge in [-0.2, -0.15) is 0 Å². The van der Waals surface area contributed by atoms with E-state index in [0.717, 1.165) is 12.6 Å². The summed E-state index contributed by atoms with van der Waals surface area (Å²) in [6.07, 6.45) is 2.70. The molecule has 0 heterocycles. The number of hydrogen-bond donors (Lipinski definition) is 1. The minimum absolute atomic E-state index is 0.599. The standard InChI is InChI=1S/C19H23NS/c1-14(2)16-5-11-19(12-6-16)21-18-9-3-15(4-10-18)13-20-17-7-8-17/h3-6,9-12,14,17,20H,7-8,13H2,1-2H3. The third-order valence-corrected chi connectivity index (χ3v) is 4.89. The van der Waals surface area contributed by atoms with E-state index in [1.807, 2.05) is 11.8 Å². The van der Waals surface area contributed by atoms with Crippen molar-refractivity contribution in [3.63, 3.8) is 0 Å². The Balaban J connectivity index is 1.58. The molecule has 1 aliphatic carbocycles. The third-order valence-electron chi connectivity index (χ3n) is 3.88. The molecule has 0 spiro atoms. The van der Waals surface area contributed by atoms with Gasteiger partial charge in [0, 0.05) is 22.4 Å². The number of rotatable bonds is 6. The fourth-order valence-electron chi connectivity index (χ4n) is 2.28. The molecule has 0 radical (unpaired) electrons. The molecule has 1 N–H and O–H groups in total. The molecule has 0 bridgehead atoms. The summed E-state index contributed by atoms with van der Waals surface area (Å²) in [6.45, 7) is 5.46. The highest BCUT2D eigenvalue weighted by atomic mass is 32.2. The van der Waals surface area contributed by atoms with Gasteiger partial charge in [-0.05, 0) is 54.2 Å². The maximum atomic E-state index is 3.55. The lowest BCUT2D eigenvalue weighted by Gasteiger charge is -2.08. The minimum atomic E-state index is 0.599. The topological polar surface area (TPSA) is 12.0 Å². The average Bonchev–Trinajstić information content (AvgIpc) is 3.31. The van der Waals surface area contributed by atoms with E-state index < -0.39 is 0 Å². The molecule has 2 heteroatoms. The van der Waals surface area contributed by atoms with E-state index in [9.17, 15) is 0 Å². The van der Waals surface area contributed by atoms with Crippen LogP contribution in [0, 0.1) is 0 Å². The summed E-state index contributed by atoms with van der Waals surface area (Å²) >= 11 is 1.83. The van der Waals surface area contributed by atoms with Gasteiger partial charge in [0.25, 0.3) is 0 Å². The van der Waals surface area contributed by atoms with E-state index in [0.29, 0.717) is 5.92 Å². The van der Waals surface area contributed by atoms with Crippen LogP contribution in [0.1, 0.15) is 43.7 Å². The predicted octanol–water partition coefficient (Wildman–Crippen LogP) is 5.21. The average molecular weight is 297 g/mol. The normalized spacial score (nSPS) is 14.6. The Morgan fingerprint density at radius 3 is 2.05 bits per heavy atom. The van der Waals surface area contributed by atoms with Gasteiger partial charge in [0.1, 0.15) is 0 Å². The Morgan fingerprint density at radius 2 is 1.52 bits per heavy atom. The van der Waals surface area contributed by atoms with Gasteiger partial charge in [-0.3, -0.25) is 0 Å². The van der Waals surface area contributed by atoms with Gasteiger partial charge < -0.3 is 5.32 Å². The number of nitrogens with one attached hydrogen (secondary N) is 1. The fourth-order valence-corrected chi connectivity index (χ4v) is 3.10. The van der Waals surface area contributed by atoms with Crippen molar-refractivity contribution in [1.29, 1.82) is 0 Å². The molecule has 1 saturated carbocycles. The molecule has 1 fully saturated rings. The molecule has 0 saturated heterocycles. The zero-order chi connectivity index (χ0) is 14.7. The first-order valence-electron chi connectivity index (χ1n) is 7.81. The van der Waals surface area contributed by atoms with Crippen LogP contribution in [-0.2, 0) is 6.54 Å². The van der Waals surface area contributed by atoms with Crippen LogP contribution in [0.3, 0.4) is 0 Å². The molecule has 0 unspecified atom stereocenters. The van der Waals surface area contributed by atoms with E-state index >= 15 is 0 Å². The minimum Gasteiger partial charge on any atom is -0.310 e. The Hall–Kier alpha value is -1.25. The quantitative estimate of drug-likeness (QED) is 0.785. The fraction of sp³-hybridized carbons (Fsp3) is 0.368. The lowest BCUT2D eigenvalue weighted by Crippen LogP contribution is -2.14. The summed E-state index contributed by atoms with van der Waals surface area (Å²) in [6, 6.07) is 18.6. The van der Waals surface area contributed by atoms with Crippen molar-refractivity contribution in [2.24, 2.45) is 0 Å². The lowest BCUT2D eigenvalue weighted by atomic mass is 10.0. The Labute approximate surface area is 132 Å². The van der Waals surface area contributed by atoms with Crippen LogP contribution >= 0.6 is 11.8 Å². The summed E-state index contributed by atoms with van der Waals surface area (Å²) in [7, 11) is 0. The van der Waals surface area contributed by atoms with Crippen LogP contribution in [0.15, 0.2) is 58.3 Å². The second-order valence-electron chi connectivity index (χ2n) is 6.12. The maximum absolute atomic E-state index is 3.55. The van der Waals surface area contributed by atoms with Gasteiger partial charge in [-0.1, -0.05) is 49.9 Å². The molecule has 0 aromatic heterocycles. The van der Waals surface area contributed by atoms with Gasteiger partial charge in [0.15, 0.2) is 0 Å². The zero-order valence-electron chi connectivity index (χ0n) is 12.8. The summed E-state index contributed by atoms with van der Waals surface area (Å²) < 4.78 is 0. The molecule has 2 aromatic rings. The molecule has 1 aliphatic rings. The van der Waals surface area contributed by atoms with Crippen molar-refractivity contribution in [2.45, 2.75) is 55.0 Å². The van der Waals surface area contributed by atoms with Gasteiger partial charge >= 0.3 is 0 Å².